The number of allylic oxidation sites excluding steroid dienone is 2. The van der Waals surface area contributed by atoms with Crippen LogP contribution in [0.1, 0.15) is 81.6 Å². The minimum absolute atomic E-state index is 0.128. The molecular formula is C20H39NO. The third-order valence-corrected chi connectivity index (χ3v) is 5.09. The molecule has 0 spiro atoms. The van der Waals surface area contributed by atoms with Crippen LogP contribution in [0.25, 0.3) is 0 Å². The average Bonchev–Trinajstić information content (AvgIpc) is 2.41. The Morgan fingerprint density at radius 3 is 2.09 bits per heavy atom. The highest BCUT2D eigenvalue weighted by molar-refractivity contribution is 5.78. The molecule has 0 saturated heterocycles. The Labute approximate surface area is 139 Å². The van der Waals surface area contributed by atoms with Gasteiger partial charge >= 0.3 is 0 Å². The van der Waals surface area contributed by atoms with Crippen molar-refractivity contribution in [2.75, 3.05) is 6.54 Å². The monoisotopic (exact) mass is 309 g/mol. The minimum atomic E-state index is 0.128. The fourth-order valence-corrected chi connectivity index (χ4v) is 2.53. The first-order valence-corrected chi connectivity index (χ1v) is 8.96. The van der Waals surface area contributed by atoms with Crippen LogP contribution in [0.2, 0.25) is 0 Å². The lowest BCUT2D eigenvalue weighted by Crippen LogP contribution is -2.45. The Morgan fingerprint density at radius 2 is 1.68 bits per heavy atom. The lowest BCUT2D eigenvalue weighted by Gasteiger charge is -2.38. The van der Waals surface area contributed by atoms with E-state index >= 15 is 0 Å². The first-order valence-electron chi connectivity index (χ1n) is 8.96. The summed E-state index contributed by atoms with van der Waals surface area (Å²) < 4.78 is 0. The van der Waals surface area contributed by atoms with Gasteiger partial charge in [0.15, 0.2) is 0 Å². The van der Waals surface area contributed by atoms with Crippen LogP contribution >= 0.6 is 0 Å². The van der Waals surface area contributed by atoms with Gasteiger partial charge in [-0.05, 0) is 58.3 Å². The molecule has 2 heteroatoms. The molecule has 0 bridgehead atoms. The molecule has 0 aromatic rings. The summed E-state index contributed by atoms with van der Waals surface area (Å²) in [6.45, 7) is 20.5. The minimum Gasteiger partial charge on any atom is -0.340 e. The predicted molar refractivity (Wildman–Crippen MR) is 97.9 cm³/mol. The molecule has 0 aromatic heterocycles. The Morgan fingerprint density at radius 1 is 1.14 bits per heavy atom. The van der Waals surface area contributed by atoms with E-state index in [1.54, 1.807) is 0 Å². The van der Waals surface area contributed by atoms with Gasteiger partial charge in [-0.3, -0.25) is 4.79 Å². The highest BCUT2D eigenvalue weighted by Crippen LogP contribution is 2.33. The molecule has 0 saturated carbocycles. The Bertz CT molecular complexity index is 364. The van der Waals surface area contributed by atoms with E-state index in [4.69, 9.17) is 0 Å². The average molecular weight is 310 g/mol. The highest BCUT2D eigenvalue weighted by Gasteiger charge is 2.30. The SMILES string of the molecule is CCC(C)C(=O)N(CC(C)C(C)(C)CCC=C(C)C)C(C)C. The summed E-state index contributed by atoms with van der Waals surface area (Å²) in [7, 11) is 0. The molecule has 0 aliphatic rings. The molecule has 0 radical (unpaired) electrons. The fourth-order valence-electron chi connectivity index (χ4n) is 2.53. The molecule has 130 valence electrons. The number of hydrogen-bond donors (Lipinski definition) is 0. The largest absolute Gasteiger partial charge is 0.340 e. The van der Waals surface area contributed by atoms with Crippen LogP contribution in [0.4, 0.5) is 0 Å². The Balaban J connectivity index is 4.83. The van der Waals surface area contributed by atoms with Gasteiger partial charge in [-0.15, -0.1) is 0 Å². The molecule has 0 heterocycles. The molecule has 0 N–H and O–H groups in total. The lowest BCUT2D eigenvalue weighted by molar-refractivity contribution is -0.138. The van der Waals surface area contributed by atoms with Crippen molar-refractivity contribution in [1.29, 1.82) is 0 Å². The summed E-state index contributed by atoms with van der Waals surface area (Å²) in [4.78, 5) is 14.7. The quantitative estimate of drug-likeness (QED) is 0.502. The third-order valence-electron chi connectivity index (χ3n) is 5.09. The zero-order chi connectivity index (χ0) is 17.5. The van der Waals surface area contributed by atoms with Gasteiger partial charge in [0.1, 0.15) is 0 Å². The summed E-state index contributed by atoms with van der Waals surface area (Å²) in [5, 5.41) is 0. The molecule has 22 heavy (non-hydrogen) atoms. The summed E-state index contributed by atoms with van der Waals surface area (Å²) in [6, 6.07) is 0.275. The normalized spacial score (nSPS) is 14.6. The van der Waals surface area contributed by atoms with Gasteiger partial charge in [-0.25, -0.2) is 0 Å². The van der Waals surface area contributed by atoms with Gasteiger partial charge in [-0.1, -0.05) is 46.3 Å². The topological polar surface area (TPSA) is 20.3 Å². The van der Waals surface area contributed by atoms with Crippen LogP contribution in [0, 0.1) is 17.3 Å². The maximum Gasteiger partial charge on any atom is 0.225 e. The molecule has 0 aliphatic carbocycles. The van der Waals surface area contributed by atoms with Crippen molar-refractivity contribution in [1.82, 2.24) is 4.90 Å². The number of nitrogens with zero attached hydrogens (tertiary/aromatic N) is 1. The zero-order valence-electron chi connectivity index (χ0n) is 16.5. The first-order chi connectivity index (χ1) is 10.0. The van der Waals surface area contributed by atoms with Gasteiger partial charge in [-0.2, -0.15) is 0 Å². The summed E-state index contributed by atoms with van der Waals surface area (Å²) in [5.74, 6) is 0.932. The Hall–Kier alpha value is -0.790. The Kier molecular flexibility index (Phi) is 9.04. The van der Waals surface area contributed by atoms with Gasteiger partial charge in [0.05, 0.1) is 0 Å². The van der Waals surface area contributed by atoms with Crippen LogP contribution in [-0.2, 0) is 4.79 Å². The molecule has 2 atom stereocenters. The van der Waals surface area contributed by atoms with Crippen molar-refractivity contribution in [3.05, 3.63) is 11.6 Å². The second-order valence-corrected chi connectivity index (χ2v) is 8.10. The van der Waals surface area contributed by atoms with Gasteiger partial charge in [0.25, 0.3) is 0 Å². The summed E-state index contributed by atoms with van der Waals surface area (Å²) in [6.07, 6.45) is 5.53. The lowest BCUT2D eigenvalue weighted by atomic mass is 9.75. The molecule has 2 unspecified atom stereocenters. The summed E-state index contributed by atoms with van der Waals surface area (Å²) >= 11 is 0. The van der Waals surface area contributed by atoms with E-state index < -0.39 is 0 Å². The van der Waals surface area contributed by atoms with E-state index in [1.807, 2.05) is 6.92 Å². The maximum absolute atomic E-state index is 12.6. The first kappa shape index (κ1) is 21.2. The molecule has 0 rings (SSSR count). The van der Waals surface area contributed by atoms with Crippen LogP contribution in [-0.4, -0.2) is 23.4 Å². The van der Waals surface area contributed by atoms with Gasteiger partial charge in [0, 0.05) is 18.5 Å². The van der Waals surface area contributed by atoms with Gasteiger partial charge in [0.2, 0.25) is 5.91 Å². The number of rotatable bonds is 9. The molecule has 0 fully saturated rings. The zero-order valence-corrected chi connectivity index (χ0v) is 16.5. The van der Waals surface area contributed by atoms with Crippen molar-refractivity contribution in [3.8, 4) is 0 Å². The molecule has 0 aliphatic heterocycles. The number of carbonyl (C=O) groups is 1. The van der Waals surface area contributed by atoms with Gasteiger partial charge < -0.3 is 4.90 Å². The molecule has 1 amide bonds. The van der Waals surface area contributed by atoms with Crippen LogP contribution in [0.15, 0.2) is 11.6 Å². The van der Waals surface area contributed by atoms with E-state index in [0.29, 0.717) is 11.8 Å². The third kappa shape index (κ3) is 6.98. The number of amides is 1. The number of hydrogen-bond acceptors (Lipinski definition) is 1. The van der Waals surface area contributed by atoms with E-state index in [1.165, 1.54) is 12.0 Å². The van der Waals surface area contributed by atoms with E-state index in [-0.39, 0.29) is 17.4 Å². The predicted octanol–water partition coefficient (Wildman–Crippen LogP) is 5.68. The van der Waals surface area contributed by atoms with E-state index in [2.05, 4.69) is 66.4 Å². The number of carbonyl (C=O) groups excluding carboxylic acids is 1. The summed E-state index contributed by atoms with van der Waals surface area (Å²) in [5.41, 5.74) is 1.63. The van der Waals surface area contributed by atoms with E-state index in [0.717, 1.165) is 19.4 Å². The van der Waals surface area contributed by atoms with Crippen LogP contribution < -0.4 is 0 Å². The van der Waals surface area contributed by atoms with Crippen molar-refractivity contribution in [2.24, 2.45) is 17.3 Å². The second kappa shape index (κ2) is 9.37. The van der Waals surface area contributed by atoms with Crippen LogP contribution in [0.3, 0.4) is 0 Å². The smallest absolute Gasteiger partial charge is 0.225 e. The standard InChI is InChI=1S/C20H39NO/c1-10-17(6)19(22)21(16(4)5)14-18(7)20(8,9)13-11-12-15(2)3/h12,16-18H,10-11,13-14H2,1-9H3. The fraction of sp³-hybridized carbons (Fsp3) is 0.850. The second-order valence-electron chi connectivity index (χ2n) is 8.10. The van der Waals surface area contributed by atoms with Crippen molar-refractivity contribution in [2.45, 2.75) is 87.6 Å². The molecule has 2 nitrogen and oxygen atoms in total. The van der Waals surface area contributed by atoms with Crippen LogP contribution in [0.5, 0.6) is 0 Å². The van der Waals surface area contributed by atoms with Crippen molar-refractivity contribution in [3.63, 3.8) is 0 Å². The van der Waals surface area contributed by atoms with Crippen molar-refractivity contribution >= 4 is 5.91 Å². The van der Waals surface area contributed by atoms with E-state index in [9.17, 15) is 4.79 Å². The van der Waals surface area contributed by atoms with Crippen molar-refractivity contribution < 1.29 is 4.79 Å². The maximum atomic E-state index is 12.6. The highest BCUT2D eigenvalue weighted by atomic mass is 16.2. The molecule has 0 aromatic carbocycles. The molecular weight excluding hydrogens is 270 g/mol.